The van der Waals surface area contributed by atoms with Gasteiger partial charge in [-0.15, -0.1) is 0 Å². The van der Waals surface area contributed by atoms with Gasteiger partial charge in [-0.1, -0.05) is 43.0 Å². The SMILES string of the molecule is CCCOc1ccc(CCc2ccc(C#Cc3ccc4c(F)c(F)ccc4c3)c(F)c2)c(F)c1. The molecule has 0 amide bonds. The Kier molecular flexibility index (Phi) is 7.18. The normalized spacial score (nSPS) is 10.7. The summed E-state index contributed by atoms with van der Waals surface area (Å²) < 4.78 is 61.5. The molecule has 0 aliphatic rings. The van der Waals surface area contributed by atoms with Gasteiger partial charge >= 0.3 is 0 Å². The van der Waals surface area contributed by atoms with Crippen molar-refractivity contribution < 1.29 is 22.3 Å². The first-order valence-corrected chi connectivity index (χ1v) is 11.0. The van der Waals surface area contributed by atoms with Gasteiger partial charge in [0.25, 0.3) is 0 Å². The average molecular weight is 462 g/mol. The molecule has 0 atom stereocenters. The predicted molar refractivity (Wildman–Crippen MR) is 126 cm³/mol. The third kappa shape index (κ3) is 5.40. The van der Waals surface area contributed by atoms with E-state index >= 15 is 0 Å². The monoisotopic (exact) mass is 462 g/mol. The van der Waals surface area contributed by atoms with Crippen LogP contribution >= 0.6 is 0 Å². The van der Waals surface area contributed by atoms with Crippen LogP contribution in [-0.2, 0) is 12.8 Å². The lowest BCUT2D eigenvalue weighted by molar-refractivity contribution is 0.315. The second kappa shape index (κ2) is 10.4. The van der Waals surface area contributed by atoms with E-state index < -0.39 is 17.5 Å². The van der Waals surface area contributed by atoms with Crippen LogP contribution in [0.1, 0.15) is 35.6 Å². The number of ether oxygens (including phenoxy) is 1. The zero-order valence-electron chi connectivity index (χ0n) is 18.6. The van der Waals surface area contributed by atoms with E-state index in [2.05, 4.69) is 11.8 Å². The second-order valence-electron chi connectivity index (χ2n) is 7.96. The molecule has 0 saturated heterocycles. The number of hydrogen-bond acceptors (Lipinski definition) is 1. The minimum absolute atomic E-state index is 0.167. The first-order chi connectivity index (χ1) is 16.4. The number of fused-ring (bicyclic) bond motifs is 1. The molecule has 0 spiro atoms. The van der Waals surface area contributed by atoms with Crippen LogP contribution in [0.4, 0.5) is 17.6 Å². The highest BCUT2D eigenvalue weighted by Gasteiger charge is 2.08. The van der Waals surface area contributed by atoms with Gasteiger partial charge in [-0.25, -0.2) is 17.6 Å². The number of halogens is 4. The molecule has 0 N–H and O–H groups in total. The van der Waals surface area contributed by atoms with Crippen molar-refractivity contribution in [1.82, 2.24) is 0 Å². The summed E-state index contributed by atoms with van der Waals surface area (Å²) in [6.45, 7) is 2.52. The topological polar surface area (TPSA) is 9.23 Å². The summed E-state index contributed by atoms with van der Waals surface area (Å²) in [7, 11) is 0. The Bertz CT molecular complexity index is 1400. The van der Waals surface area contributed by atoms with Crippen LogP contribution in [-0.4, -0.2) is 6.61 Å². The Hall–Kier alpha value is -3.78. The molecule has 34 heavy (non-hydrogen) atoms. The van der Waals surface area contributed by atoms with E-state index in [-0.39, 0.29) is 16.8 Å². The Morgan fingerprint density at radius 3 is 2.35 bits per heavy atom. The van der Waals surface area contributed by atoms with E-state index in [0.717, 1.165) is 18.1 Å². The molecule has 0 heterocycles. The fraction of sp³-hybridized carbons (Fsp3) is 0.172. The lowest BCUT2D eigenvalue weighted by Gasteiger charge is -2.08. The molecule has 4 rings (SSSR count). The van der Waals surface area contributed by atoms with Crippen molar-refractivity contribution >= 4 is 10.8 Å². The highest BCUT2D eigenvalue weighted by atomic mass is 19.2. The van der Waals surface area contributed by atoms with Gasteiger partial charge < -0.3 is 4.74 Å². The quantitative estimate of drug-likeness (QED) is 0.215. The van der Waals surface area contributed by atoms with Crippen LogP contribution in [0.15, 0.2) is 66.7 Å². The van der Waals surface area contributed by atoms with Crippen LogP contribution in [0.5, 0.6) is 5.75 Å². The number of aryl methyl sites for hydroxylation is 2. The number of benzene rings is 4. The first-order valence-electron chi connectivity index (χ1n) is 11.0. The molecule has 0 aliphatic heterocycles. The molecule has 0 fully saturated rings. The van der Waals surface area contributed by atoms with E-state index in [4.69, 9.17) is 4.74 Å². The van der Waals surface area contributed by atoms with Crippen LogP contribution in [0.3, 0.4) is 0 Å². The fourth-order valence-corrected chi connectivity index (χ4v) is 3.62. The predicted octanol–water partition coefficient (Wildman–Crippen LogP) is 7.37. The summed E-state index contributed by atoms with van der Waals surface area (Å²) in [5.74, 6) is 3.53. The summed E-state index contributed by atoms with van der Waals surface area (Å²) in [4.78, 5) is 0. The molecule has 0 aromatic heterocycles. The third-order valence-electron chi connectivity index (χ3n) is 5.46. The van der Waals surface area contributed by atoms with Gasteiger partial charge in [-0.3, -0.25) is 0 Å². The van der Waals surface area contributed by atoms with Gasteiger partial charge in [0.05, 0.1) is 12.2 Å². The van der Waals surface area contributed by atoms with Crippen LogP contribution in [0.2, 0.25) is 0 Å². The lowest BCUT2D eigenvalue weighted by Crippen LogP contribution is -1.99. The van der Waals surface area contributed by atoms with Crippen molar-refractivity contribution in [2.45, 2.75) is 26.2 Å². The molecule has 1 nitrogen and oxygen atoms in total. The summed E-state index contributed by atoms with van der Waals surface area (Å²) >= 11 is 0. The molecular formula is C29H22F4O. The highest BCUT2D eigenvalue weighted by Crippen LogP contribution is 2.22. The van der Waals surface area contributed by atoms with E-state index in [0.29, 0.717) is 41.7 Å². The van der Waals surface area contributed by atoms with Gasteiger partial charge in [-0.05, 0) is 72.2 Å². The van der Waals surface area contributed by atoms with Gasteiger partial charge in [0.1, 0.15) is 17.4 Å². The first kappa shape index (κ1) is 23.4. The molecule has 0 radical (unpaired) electrons. The van der Waals surface area contributed by atoms with Gasteiger partial charge in [0.2, 0.25) is 0 Å². The minimum atomic E-state index is -0.908. The minimum Gasteiger partial charge on any atom is -0.494 e. The van der Waals surface area contributed by atoms with Crippen molar-refractivity contribution in [2.75, 3.05) is 6.61 Å². The molecule has 0 bridgehead atoms. The summed E-state index contributed by atoms with van der Waals surface area (Å²) in [5.41, 5.74) is 2.05. The molecule has 0 aliphatic carbocycles. The van der Waals surface area contributed by atoms with Crippen molar-refractivity contribution in [2.24, 2.45) is 0 Å². The largest absolute Gasteiger partial charge is 0.494 e. The maximum atomic E-state index is 14.6. The Labute approximate surface area is 196 Å². The molecule has 4 aromatic carbocycles. The van der Waals surface area contributed by atoms with Crippen LogP contribution in [0.25, 0.3) is 10.8 Å². The number of hydrogen-bond donors (Lipinski definition) is 0. The number of rotatable bonds is 6. The zero-order chi connectivity index (χ0) is 24.1. The van der Waals surface area contributed by atoms with Gasteiger partial charge in [-0.2, -0.15) is 0 Å². The Morgan fingerprint density at radius 2 is 1.59 bits per heavy atom. The molecular weight excluding hydrogens is 440 g/mol. The Morgan fingerprint density at radius 1 is 0.735 bits per heavy atom. The van der Waals surface area contributed by atoms with Gasteiger partial charge in [0, 0.05) is 17.0 Å². The second-order valence-corrected chi connectivity index (χ2v) is 7.96. The highest BCUT2D eigenvalue weighted by molar-refractivity contribution is 5.84. The summed E-state index contributed by atoms with van der Waals surface area (Å²) in [6.07, 6.45) is 1.75. The van der Waals surface area contributed by atoms with E-state index in [9.17, 15) is 17.6 Å². The van der Waals surface area contributed by atoms with E-state index in [1.807, 2.05) is 6.92 Å². The molecule has 172 valence electrons. The van der Waals surface area contributed by atoms with Crippen molar-refractivity contribution in [3.8, 4) is 17.6 Å². The summed E-state index contributed by atoms with van der Waals surface area (Å²) in [5, 5.41) is 0.680. The maximum absolute atomic E-state index is 14.6. The smallest absolute Gasteiger partial charge is 0.166 e. The van der Waals surface area contributed by atoms with E-state index in [1.165, 1.54) is 24.3 Å². The molecule has 0 saturated carbocycles. The van der Waals surface area contributed by atoms with E-state index in [1.54, 1.807) is 36.4 Å². The fourth-order valence-electron chi connectivity index (χ4n) is 3.62. The standard InChI is InChI=1S/C29H22F4O/c1-2-15-34-24-12-10-22(28(32)18-24)9-5-20-4-8-21(27(31)17-20)7-3-19-6-13-25-23(16-19)11-14-26(30)29(25)33/h4,6,8,10-14,16-18H,2,5,9,15H2,1H3. The van der Waals surface area contributed by atoms with Crippen molar-refractivity contribution in [1.29, 1.82) is 0 Å². The maximum Gasteiger partial charge on any atom is 0.166 e. The third-order valence-corrected chi connectivity index (χ3v) is 5.46. The Balaban J connectivity index is 1.45. The van der Waals surface area contributed by atoms with Gasteiger partial charge in [0.15, 0.2) is 11.6 Å². The summed E-state index contributed by atoms with van der Waals surface area (Å²) in [6, 6.07) is 16.8. The molecule has 0 unspecified atom stereocenters. The van der Waals surface area contributed by atoms with Crippen LogP contribution < -0.4 is 4.74 Å². The van der Waals surface area contributed by atoms with Crippen molar-refractivity contribution in [3.63, 3.8) is 0 Å². The molecule has 4 aromatic rings. The lowest BCUT2D eigenvalue weighted by atomic mass is 10.0. The zero-order valence-corrected chi connectivity index (χ0v) is 18.6. The van der Waals surface area contributed by atoms with Crippen molar-refractivity contribution in [3.05, 3.63) is 112 Å². The average Bonchev–Trinajstić information content (AvgIpc) is 2.84. The van der Waals surface area contributed by atoms with Crippen LogP contribution in [0, 0.1) is 35.1 Å². The molecule has 5 heteroatoms.